The van der Waals surface area contributed by atoms with Crippen LogP contribution in [0.1, 0.15) is 63.0 Å². The van der Waals surface area contributed by atoms with E-state index in [0.29, 0.717) is 19.6 Å². The van der Waals surface area contributed by atoms with Crippen LogP contribution in [0.15, 0.2) is 24.3 Å². The molecule has 0 unspecified atom stereocenters. The first kappa shape index (κ1) is 19.3. The van der Waals surface area contributed by atoms with E-state index in [1.807, 2.05) is 24.3 Å². The van der Waals surface area contributed by atoms with Crippen molar-refractivity contribution in [1.82, 2.24) is 0 Å². The monoisotopic (exact) mass is 316 g/mol. The first-order valence-electron chi connectivity index (χ1n) is 8.55. The Morgan fingerprint density at radius 1 is 1.13 bits per heavy atom. The molecule has 0 fully saturated rings. The molecule has 3 nitrogen and oxygen atoms in total. The van der Waals surface area contributed by atoms with Crippen molar-refractivity contribution in [1.29, 1.82) is 0 Å². The number of aliphatic carboxylic acids is 1. The molecule has 0 aliphatic carbocycles. The second-order valence-corrected chi connectivity index (χ2v) is 5.72. The van der Waals surface area contributed by atoms with Gasteiger partial charge in [0.05, 0.1) is 6.61 Å². The lowest BCUT2D eigenvalue weighted by Crippen LogP contribution is -1.99. The number of ether oxygens (including phenoxy) is 1. The van der Waals surface area contributed by atoms with Gasteiger partial charge >= 0.3 is 5.97 Å². The number of hydrogen-bond acceptors (Lipinski definition) is 2. The molecule has 0 bridgehead atoms. The lowest BCUT2D eigenvalue weighted by molar-refractivity contribution is -0.136. The van der Waals surface area contributed by atoms with Crippen molar-refractivity contribution in [3.8, 4) is 11.8 Å². The molecule has 3 heteroatoms. The van der Waals surface area contributed by atoms with Gasteiger partial charge in [0.15, 0.2) is 0 Å². The number of carboxylic acid groups (broad SMARTS) is 1. The summed E-state index contributed by atoms with van der Waals surface area (Å²) in [6, 6.07) is 7.89. The van der Waals surface area contributed by atoms with Crippen LogP contribution in [0.25, 0.3) is 0 Å². The molecule has 0 amide bonds. The normalized spacial score (nSPS) is 10.1. The highest BCUT2D eigenvalue weighted by Gasteiger charge is 2.00. The third kappa shape index (κ3) is 10.5. The van der Waals surface area contributed by atoms with Crippen LogP contribution in [0, 0.1) is 11.8 Å². The molecule has 0 aliphatic rings. The Morgan fingerprint density at radius 3 is 2.70 bits per heavy atom. The second-order valence-electron chi connectivity index (χ2n) is 5.72. The third-order valence-corrected chi connectivity index (χ3v) is 3.59. The number of unbranched alkanes of at least 4 members (excludes halogenated alkanes) is 5. The molecule has 0 atom stereocenters. The fourth-order valence-corrected chi connectivity index (χ4v) is 2.30. The molecule has 1 aromatic carbocycles. The Bertz CT molecular complexity index is 511. The van der Waals surface area contributed by atoms with Crippen molar-refractivity contribution in [2.75, 3.05) is 6.61 Å². The maximum Gasteiger partial charge on any atom is 0.303 e. The summed E-state index contributed by atoms with van der Waals surface area (Å²) < 4.78 is 5.56. The zero-order valence-electron chi connectivity index (χ0n) is 14.1. The molecule has 1 aromatic rings. The van der Waals surface area contributed by atoms with Gasteiger partial charge in [-0.15, -0.1) is 5.92 Å². The zero-order valence-corrected chi connectivity index (χ0v) is 14.1. The quantitative estimate of drug-likeness (QED) is 0.480. The number of carbonyl (C=O) groups is 1. The van der Waals surface area contributed by atoms with Gasteiger partial charge in [0, 0.05) is 12.8 Å². The van der Waals surface area contributed by atoms with Crippen LogP contribution in [0.3, 0.4) is 0 Å². The van der Waals surface area contributed by atoms with Gasteiger partial charge in [-0.2, -0.15) is 0 Å². The van der Waals surface area contributed by atoms with Gasteiger partial charge in [-0.3, -0.25) is 4.79 Å². The summed E-state index contributed by atoms with van der Waals surface area (Å²) in [6.45, 7) is 3.19. The predicted molar refractivity (Wildman–Crippen MR) is 93.2 cm³/mol. The average Bonchev–Trinajstić information content (AvgIpc) is 2.55. The van der Waals surface area contributed by atoms with E-state index < -0.39 is 5.97 Å². The molecule has 1 rings (SSSR count). The van der Waals surface area contributed by atoms with Crippen LogP contribution in [0.2, 0.25) is 0 Å². The van der Waals surface area contributed by atoms with Gasteiger partial charge in [-0.1, -0.05) is 62.8 Å². The van der Waals surface area contributed by atoms with Crippen LogP contribution in [0.5, 0.6) is 0 Å². The Labute approximate surface area is 140 Å². The summed E-state index contributed by atoms with van der Waals surface area (Å²) in [5.74, 6) is 5.44. The smallest absolute Gasteiger partial charge is 0.303 e. The number of aryl methyl sites for hydroxylation is 1. The van der Waals surface area contributed by atoms with E-state index in [9.17, 15) is 4.79 Å². The van der Waals surface area contributed by atoms with Gasteiger partial charge in [-0.25, -0.2) is 0 Å². The van der Waals surface area contributed by atoms with E-state index in [1.165, 1.54) is 32.1 Å². The fourth-order valence-electron chi connectivity index (χ4n) is 2.30. The molecule has 0 heterocycles. The maximum absolute atomic E-state index is 10.6. The summed E-state index contributed by atoms with van der Waals surface area (Å²) >= 11 is 0. The number of hydrogen-bond donors (Lipinski definition) is 1. The van der Waals surface area contributed by atoms with Crippen LogP contribution >= 0.6 is 0 Å². The van der Waals surface area contributed by atoms with Gasteiger partial charge in [0.25, 0.3) is 0 Å². The minimum absolute atomic E-state index is 0.161. The molecular weight excluding hydrogens is 288 g/mol. The first-order valence-corrected chi connectivity index (χ1v) is 8.55. The Kier molecular flexibility index (Phi) is 10.7. The molecule has 0 radical (unpaired) electrons. The zero-order chi connectivity index (χ0) is 16.8. The summed E-state index contributed by atoms with van der Waals surface area (Å²) in [5, 5.41) is 8.71. The molecule has 0 aromatic heterocycles. The van der Waals surface area contributed by atoms with E-state index in [2.05, 4.69) is 18.8 Å². The van der Waals surface area contributed by atoms with E-state index in [0.717, 1.165) is 17.5 Å². The minimum Gasteiger partial charge on any atom is -0.481 e. The number of benzene rings is 1. The summed E-state index contributed by atoms with van der Waals surface area (Å²) in [5.41, 5.74) is 2.10. The SMILES string of the molecule is CCCCCCCC#CCOCc1cccc(CCC(=O)O)c1. The topological polar surface area (TPSA) is 46.5 Å². The van der Waals surface area contributed by atoms with Crippen molar-refractivity contribution in [2.45, 2.75) is 64.9 Å². The van der Waals surface area contributed by atoms with Gasteiger partial charge in [-0.05, 0) is 24.0 Å². The lowest BCUT2D eigenvalue weighted by atomic mass is 10.1. The Balaban J connectivity index is 2.16. The fraction of sp³-hybridized carbons (Fsp3) is 0.550. The number of rotatable bonds is 11. The van der Waals surface area contributed by atoms with Gasteiger partial charge in [0.2, 0.25) is 0 Å². The van der Waals surface area contributed by atoms with E-state index in [-0.39, 0.29) is 6.42 Å². The van der Waals surface area contributed by atoms with E-state index >= 15 is 0 Å². The number of carboxylic acids is 1. The standard InChI is InChI=1S/C20H28O3/c1-2-3-4-5-6-7-8-9-15-23-17-19-12-10-11-18(16-19)13-14-20(21)22/h10-12,16H,2-7,13-15,17H2,1H3,(H,21,22). The molecule has 1 N–H and O–H groups in total. The molecule has 0 saturated heterocycles. The largest absolute Gasteiger partial charge is 0.481 e. The van der Waals surface area contributed by atoms with Crippen molar-refractivity contribution in [3.63, 3.8) is 0 Å². The van der Waals surface area contributed by atoms with Crippen molar-refractivity contribution in [2.24, 2.45) is 0 Å². The Morgan fingerprint density at radius 2 is 1.91 bits per heavy atom. The van der Waals surface area contributed by atoms with Gasteiger partial charge in [0.1, 0.15) is 6.61 Å². The Hall–Kier alpha value is -1.79. The lowest BCUT2D eigenvalue weighted by Gasteiger charge is -2.04. The average molecular weight is 316 g/mol. The van der Waals surface area contributed by atoms with Crippen molar-refractivity contribution < 1.29 is 14.6 Å². The highest BCUT2D eigenvalue weighted by molar-refractivity contribution is 5.67. The highest BCUT2D eigenvalue weighted by Crippen LogP contribution is 2.09. The highest BCUT2D eigenvalue weighted by atomic mass is 16.5. The summed E-state index contributed by atoms with van der Waals surface area (Å²) in [4.78, 5) is 10.6. The molecular formula is C20H28O3. The maximum atomic E-state index is 10.6. The third-order valence-electron chi connectivity index (χ3n) is 3.59. The molecule has 23 heavy (non-hydrogen) atoms. The van der Waals surface area contributed by atoms with Crippen LogP contribution in [-0.2, 0) is 22.6 Å². The molecule has 0 saturated carbocycles. The summed E-state index contributed by atoms with van der Waals surface area (Å²) in [7, 11) is 0. The predicted octanol–water partition coefficient (Wildman–Crippen LogP) is 4.58. The van der Waals surface area contributed by atoms with Crippen LogP contribution < -0.4 is 0 Å². The molecule has 0 aliphatic heterocycles. The van der Waals surface area contributed by atoms with Crippen LogP contribution in [-0.4, -0.2) is 17.7 Å². The minimum atomic E-state index is -0.767. The molecule has 0 spiro atoms. The molecule has 126 valence electrons. The van der Waals surface area contributed by atoms with Crippen molar-refractivity contribution in [3.05, 3.63) is 35.4 Å². The summed E-state index contributed by atoms with van der Waals surface area (Å²) in [6.07, 6.45) is 8.03. The van der Waals surface area contributed by atoms with E-state index in [1.54, 1.807) is 0 Å². The van der Waals surface area contributed by atoms with Crippen molar-refractivity contribution >= 4 is 5.97 Å². The first-order chi connectivity index (χ1) is 11.2. The van der Waals surface area contributed by atoms with Gasteiger partial charge < -0.3 is 9.84 Å². The van der Waals surface area contributed by atoms with E-state index in [4.69, 9.17) is 9.84 Å². The second kappa shape index (κ2) is 12.7. The van der Waals surface area contributed by atoms with Crippen LogP contribution in [0.4, 0.5) is 0 Å².